The van der Waals surface area contributed by atoms with E-state index >= 15 is 0 Å². The second-order valence-corrected chi connectivity index (χ2v) is 4.79. The SMILES string of the molecule is CC1(C(=O)N2CCNC(=O)C2)CCCCN1.Cl. The van der Waals surface area contributed by atoms with Crippen LogP contribution in [0.5, 0.6) is 0 Å². The minimum absolute atomic E-state index is 0. The third-order valence-electron chi connectivity index (χ3n) is 3.42. The van der Waals surface area contributed by atoms with Gasteiger partial charge in [-0.15, -0.1) is 12.4 Å². The molecule has 2 heterocycles. The second kappa shape index (κ2) is 5.69. The van der Waals surface area contributed by atoms with Crippen molar-refractivity contribution in [1.82, 2.24) is 15.5 Å². The molecule has 6 heteroatoms. The lowest BCUT2D eigenvalue weighted by atomic mass is 9.89. The Hall–Kier alpha value is -0.810. The Bertz CT molecular complexity index is 303. The van der Waals surface area contributed by atoms with Gasteiger partial charge in [-0.25, -0.2) is 0 Å². The Morgan fingerprint density at radius 3 is 2.71 bits per heavy atom. The van der Waals surface area contributed by atoms with Gasteiger partial charge in [-0.2, -0.15) is 0 Å². The van der Waals surface area contributed by atoms with Crippen molar-refractivity contribution in [2.45, 2.75) is 31.7 Å². The maximum absolute atomic E-state index is 12.3. The van der Waals surface area contributed by atoms with Crippen molar-refractivity contribution in [3.63, 3.8) is 0 Å². The molecule has 0 spiro atoms. The fraction of sp³-hybridized carbons (Fsp3) is 0.818. The number of halogens is 1. The van der Waals surface area contributed by atoms with E-state index in [4.69, 9.17) is 0 Å². The zero-order valence-corrected chi connectivity index (χ0v) is 10.9. The minimum atomic E-state index is -0.462. The van der Waals surface area contributed by atoms with Gasteiger partial charge in [-0.3, -0.25) is 9.59 Å². The number of hydrogen-bond acceptors (Lipinski definition) is 3. The van der Waals surface area contributed by atoms with Crippen LogP contribution in [-0.2, 0) is 9.59 Å². The van der Waals surface area contributed by atoms with Gasteiger partial charge in [0, 0.05) is 13.1 Å². The molecule has 0 radical (unpaired) electrons. The van der Waals surface area contributed by atoms with Gasteiger partial charge in [-0.1, -0.05) is 0 Å². The van der Waals surface area contributed by atoms with Crippen molar-refractivity contribution in [3.8, 4) is 0 Å². The van der Waals surface area contributed by atoms with Crippen LogP contribution in [0.4, 0.5) is 0 Å². The first-order chi connectivity index (χ1) is 7.62. The van der Waals surface area contributed by atoms with E-state index in [2.05, 4.69) is 10.6 Å². The van der Waals surface area contributed by atoms with Crippen LogP contribution in [0.3, 0.4) is 0 Å². The molecule has 98 valence electrons. The number of nitrogens with zero attached hydrogens (tertiary/aromatic N) is 1. The highest BCUT2D eigenvalue weighted by atomic mass is 35.5. The number of carbonyl (C=O) groups is 2. The van der Waals surface area contributed by atoms with Gasteiger partial charge in [0.25, 0.3) is 0 Å². The summed E-state index contributed by atoms with van der Waals surface area (Å²) in [6, 6.07) is 0. The van der Waals surface area contributed by atoms with Crippen LogP contribution in [0.1, 0.15) is 26.2 Å². The molecule has 2 aliphatic rings. The van der Waals surface area contributed by atoms with Crippen molar-refractivity contribution in [3.05, 3.63) is 0 Å². The van der Waals surface area contributed by atoms with Crippen LogP contribution in [-0.4, -0.2) is 48.4 Å². The Labute approximate surface area is 108 Å². The van der Waals surface area contributed by atoms with Crippen molar-refractivity contribution < 1.29 is 9.59 Å². The summed E-state index contributed by atoms with van der Waals surface area (Å²) < 4.78 is 0. The van der Waals surface area contributed by atoms with Gasteiger partial charge >= 0.3 is 0 Å². The van der Waals surface area contributed by atoms with Crippen molar-refractivity contribution in [1.29, 1.82) is 0 Å². The van der Waals surface area contributed by atoms with Gasteiger partial charge in [0.15, 0.2) is 0 Å². The van der Waals surface area contributed by atoms with Crippen molar-refractivity contribution in [2.24, 2.45) is 0 Å². The molecule has 2 aliphatic heterocycles. The van der Waals surface area contributed by atoms with E-state index in [1.165, 1.54) is 0 Å². The van der Waals surface area contributed by atoms with E-state index in [9.17, 15) is 9.59 Å². The Balaban J connectivity index is 0.00000144. The fourth-order valence-electron chi connectivity index (χ4n) is 2.40. The van der Waals surface area contributed by atoms with Crippen molar-refractivity contribution in [2.75, 3.05) is 26.2 Å². The minimum Gasteiger partial charge on any atom is -0.353 e. The zero-order chi connectivity index (χ0) is 11.6. The molecule has 0 saturated carbocycles. The summed E-state index contributed by atoms with van der Waals surface area (Å²) in [6.45, 7) is 4.24. The largest absolute Gasteiger partial charge is 0.353 e. The molecule has 5 nitrogen and oxygen atoms in total. The van der Waals surface area contributed by atoms with E-state index in [1.807, 2.05) is 6.92 Å². The fourth-order valence-corrected chi connectivity index (χ4v) is 2.40. The molecule has 0 bridgehead atoms. The lowest BCUT2D eigenvalue weighted by molar-refractivity contribution is -0.143. The summed E-state index contributed by atoms with van der Waals surface area (Å²) >= 11 is 0. The molecule has 17 heavy (non-hydrogen) atoms. The highest BCUT2D eigenvalue weighted by molar-refractivity contribution is 5.91. The molecule has 0 aromatic carbocycles. The number of nitrogens with one attached hydrogen (secondary N) is 2. The van der Waals surface area contributed by atoms with Gasteiger partial charge < -0.3 is 15.5 Å². The number of hydrogen-bond donors (Lipinski definition) is 2. The first kappa shape index (κ1) is 14.3. The molecular weight excluding hydrogens is 242 g/mol. The first-order valence-corrected chi connectivity index (χ1v) is 5.93. The predicted octanol–water partition coefficient (Wildman–Crippen LogP) is -0.101. The first-order valence-electron chi connectivity index (χ1n) is 5.93. The third kappa shape index (κ3) is 3.10. The van der Waals surface area contributed by atoms with Crippen LogP contribution in [0.2, 0.25) is 0 Å². The quantitative estimate of drug-likeness (QED) is 0.693. The smallest absolute Gasteiger partial charge is 0.243 e. The van der Waals surface area contributed by atoms with E-state index in [1.54, 1.807) is 4.90 Å². The van der Waals surface area contributed by atoms with E-state index in [0.29, 0.717) is 13.1 Å². The van der Waals surface area contributed by atoms with Crippen LogP contribution < -0.4 is 10.6 Å². The van der Waals surface area contributed by atoms with Gasteiger partial charge in [0.2, 0.25) is 11.8 Å². The summed E-state index contributed by atoms with van der Waals surface area (Å²) in [5.41, 5.74) is -0.462. The van der Waals surface area contributed by atoms with Gasteiger partial charge in [-0.05, 0) is 32.7 Å². The van der Waals surface area contributed by atoms with Crippen LogP contribution >= 0.6 is 12.4 Å². The maximum Gasteiger partial charge on any atom is 0.243 e. The molecule has 2 rings (SSSR count). The summed E-state index contributed by atoms with van der Waals surface area (Å²) in [5, 5.41) is 6.01. The molecule has 1 unspecified atom stereocenters. The molecule has 0 aromatic rings. The van der Waals surface area contributed by atoms with E-state index in [0.717, 1.165) is 25.8 Å². The highest BCUT2D eigenvalue weighted by Gasteiger charge is 2.38. The van der Waals surface area contributed by atoms with Crippen LogP contribution in [0.25, 0.3) is 0 Å². The number of amides is 2. The molecule has 1 atom stereocenters. The number of piperidine rings is 1. The topological polar surface area (TPSA) is 61.4 Å². The number of piperazine rings is 1. The van der Waals surface area contributed by atoms with E-state index < -0.39 is 5.54 Å². The van der Waals surface area contributed by atoms with Crippen molar-refractivity contribution >= 4 is 24.2 Å². The lowest BCUT2D eigenvalue weighted by Crippen LogP contribution is -2.61. The zero-order valence-electron chi connectivity index (χ0n) is 10.1. The predicted molar refractivity (Wildman–Crippen MR) is 67.1 cm³/mol. The third-order valence-corrected chi connectivity index (χ3v) is 3.42. The molecule has 2 fully saturated rings. The highest BCUT2D eigenvalue weighted by Crippen LogP contribution is 2.21. The molecule has 0 aliphatic carbocycles. The molecule has 0 aromatic heterocycles. The summed E-state index contributed by atoms with van der Waals surface area (Å²) in [6.07, 6.45) is 3.07. The van der Waals surface area contributed by atoms with Crippen LogP contribution in [0.15, 0.2) is 0 Å². The average molecular weight is 262 g/mol. The molecular formula is C11H20ClN3O2. The average Bonchev–Trinajstić information content (AvgIpc) is 2.29. The second-order valence-electron chi connectivity index (χ2n) is 4.79. The molecule has 2 amide bonds. The molecule has 2 saturated heterocycles. The number of rotatable bonds is 1. The summed E-state index contributed by atoms with van der Waals surface area (Å²) in [4.78, 5) is 25.2. The molecule has 2 N–H and O–H groups in total. The Morgan fingerprint density at radius 2 is 2.12 bits per heavy atom. The lowest BCUT2D eigenvalue weighted by Gasteiger charge is -2.39. The van der Waals surface area contributed by atoms with E-state index in [-0.39, 0.29) is 30.8 Å². The Kier molecular flexibility index (Phi) is 4.77. The number of carbonyl (C=O) groups excluding carboxylic acids is 2. The monoisotopic (exact) mass is 261 g/mol. The standard InChI is InChI=1S/C11H19N3O2.ClH/c1-11(4-2-3-5-13-11)10(16)14-7-6-12-9(15)8-14;/h13H,2-8H2,1H3,(H,12,15);1H. The van der Waals surface area contributed by atoms with Gasteiger partial charge in [0.05, 0.1) is 12.1 Å². The summed E-state index contributed by atoms with van der Waals surface area (Å²) in [5.74, 6) is 0.0149. The Morgan fingerprint density at radius 1 is 1.35 bits per heavy atom. The summed E-state index contributed by atoms with van der Waals surface area (Å²) in [7, 11) is 0. The normalized spacial score (nSPS) is 29.2. The van der Waals surface area contributed by atoms with Crippen LogP contribution in [0, 0.1) is 0 Å². The maximum atomic E-state index is 12.3. The van der Waals surface area contributed by atoms with Gasteiger partial charge in [0.1, 0.15) is 0 Å².